The summed E-state index contributed by atoms with van der Waals surface area (Å²) in [6, 6.07) is 13.6. The monoisotopic (exact) mass is 447 g/mol. The number of hydrogen-bond donors (Lipinski definition) is 4. The molecule has 0 aliphatic carbocycles. The number of nitrogens with one attached hydrogen (secondary N) is 1. The molecule has 168 valence electrons. The second-order valence-electron chi connectivity index (χ2n) is 7.48. The molecule has 1 aliphatic rings. The first-order chi connectivity index (χ1) is 16.2. The van der Waals surface area contributed by atoms with Crippen LogP contribution in [0.15, 0.2) is 66.4 Å². The maximum Gasteiger partial charge on any atom is 0.177 e. The molecule has 0 spiro atoms. The average Bonchev–Trinajstić information content (AvgIpc) is 3.41. The maximum atomic E-state index is 10.3. The topological polar surface area (TPSA) is 151 Å². The van der Waals surface area contributed by atoms with Crippen molar-refractivity contribution in [3.63, 3.8) is 0 Å². The van der Waals surface area contributed by atoms with E-state index in [1.54, 1.807) is 12.4 Å². The van der Waals surface area contributed by atoms with Crippen LogP contribution < -0.4 is 5.43 Å². The lowest BCUT2D eigenvalue weighted by molar-refractivity contribution is -0.0511. The summed E-state index contributed by atoms with van der Waals surface area (Å²) in [7, 11) is 0. The zero-order valence-corrected chi connectivity index (χ0v) is 17.3. The SMILES string of the molecule is OC[C@H]1O[C@@H](n2cnc3c(N/N=C/c4ccc(-c5ccccn5)cc4)ncnc32)[C@@H](O)C1O. The Morgan fingerprint density at radius 3 is 2.61 bits per heavy atom. The highest BCUT2D eigenvalue weighted by Gasteiger charge is 2.44. The number of imidazole rings is 1. The Balaban J connectivity index is 1.32. The third kappa shape index (κ3) is 4.05. The number of anilines is 1. The van der Waals surface area contributed by atoms with Gasteiger partial charge in [0.05, 0.1) is 24.8 Å². The molecule has 4 atom stereocenters. The van der Waals surface area contributed by atoms with Crippen molar-refractivity contribution in [1.29, 1.82) is 0 Å². The van der Waals surface area contributed by atoms with Crippen molar-refractivity contribution in [2.24, 2.45) is 5.10 Å². The predicted molar refractivity (Wildman–Crippen MR) is 119 cm³/mol. The molecule has 0 saturated carbocycles. The summed E-state index contributed by atoms with van der Waals surface area (Å²) in [5.41, 5.74) is 6.45. The summed E-state index contributed by atoms with van der Waals surface area (Å²) in [6.07, 6.45) is 1.89. The molecule has 1 aromatic carbocycles. The molecule has 3 aromatic heterocycles. The molecule has 0 bridgehead atoms. The van der Waals surface area contributed by atoms with Crippen molar-refractivity contribution in [2.75, 3.05) is 12.0 Å². The van der Waals surface area contributed by atoms with E-state index in [2.05, 4.69) is 30.5 Å². The fourth-order valence-corrected chi connectivity index (χ4v) is 3.67. The van der Waals surface area contributed by atoms with Crippen LogP contribution in [0.3, 0.4) is 0 Å². The van der Waals surface area contributed by atoms with Crippen molar-refractivity contribution < 1.29 is 20.1 Å². The first-order valence-corrected chi connectivity index (χ1v) is 10.3. The van der Waals surface area contributed by atoms with Gasteiger partial charge in [0.1, 0.15) is 24.6 Å². The number of hydrogen-bond acceptors (Lipinski definition) is 10. The van der Waals surface area contributed by atoms with Crippen LogP contribution in [0.5, 0.6) is 0 Å². The van der Waals surface area contributed by atoms with E-state index in [1.165, 1.54) is 17.2 Å². The zero-order valence-electron chi connectivity index (χ0n) is 17.3. The van der Waals surface area contributed by atoms with Gasteiger partial charge in [-0.2, -0.15) is 5.10 Å². The molecule has 0 amide bonds. The summed E-state index contributed by atoms with van der Waals surface area (Å²) >= 11 is 0. The Kier molecular flexibility index (Phi) is 5.75. The highest BCUT2D eigenvalue weighted by atomic mass is 16.6. The Morgan fingerprint density at radius 2 is 1.88 bits per heavy atom. The lowest BCUT2D eigenvalue weighted by Gasteiger charge is -2.16. The van der Waals surface area contributed by atoms with Gasteiger partial charge < -0.3 is 20.1 Å². The van der Waals surface area contributed by atoms with Gasteiger partial charge in [-0.05, 0) is 17.7 Å². The molecule has 4 heterocycles. The second-order valence-corrected chi connectivity index (χ2v) is 7.48. The number of nitrogens with zero attached hydrogens (tertiary/aromatic N) is 6. The maximum absolute atomic E-state index is 10.3. The van der Waals surface area contributed by atoms with Gasteiger partial charge in [-0.1, -0.05) is 30.3 Å². The summed E-state index contributed by atoms with van der Waals surface area (Å²) in [5, 5.41) is 33.9. The van der Waals surface area contributed by atoms with Gasteiger partial charge >= 0.3 is 0 Å². The van der Waals surface area contributed by atoms with Crippen LogP contribution in [0.2, 0.25) is 0 Å². The Hall–Kier alpha value is -3.77. The van der Waals surface area contributed by atoms with Crippen LogP contribution in [0.1, 0.15) is 11.8 Å². The van der Waals surface area contributed by atoms with Crippen molar-refractivity contribution >= 4 is 23.2 Å². The van der Waals surface area contributed by atoms with Crippen molar-refractivity contribution in [1.82, 2.24) is 24.5 Å². The zero-order chi connectivity index (χ0) is 22.8. The lowest BCUT2D eigenvalue weighted by atomic mass is 10.1. The van der Waals surface area contributed by atoms with Crippen LogP contribution in [0.25, 0.3) is 22.4 Å². The van der Waals surface area contributed by atoms with Gasteiger partial charge in [0.2, 0.25) is 0 Å². The van der Waals surface area contributed by atoms with E-state index in [9.17, 15) is 15.3 Å². The summed E-state index contributed by atoms with van der Waals surface area (Å²) < 4.78 is 7.06. The smallest absolute Gasteiger partial charge is 0.177 e. The van der Waals surface area contributed by atoms with Crippen molar-refractivity contribution in [3.8, 4) is 11.3 Å². The van der Waals surface area contributed by atoms with E-state index < -0.39 is 31.1 Å². The van der Waals surface area contributed by atoms with Gasteiger partial charge in [0.15, 0.2) is 23.2 Å². The number of aliphatic hydroxyl groups is 3. The van der Waals surface area contributed by atoms with Crippen LogP contribution in [-0.4, -0.2) is 71.0 Å². The van der Waals surface area contributed by atoms with Crippen LogP contribution >= 0.6 is 0 Å². The number of rotatable bonds is 6. The standard InChI is InChI=1S/C22H21N7O4/c30-10-16-18(31)19(32)22(33-16)29-12-26-17-20(24-11-25-21(17)29)28-27-9-13-4-6-14(7-5-13)15-3-1-2-8-23-15/h1-9,11-12,16,18-19,22,30-32H,10H2,(H,24,25,28)/b27-9+/t16-,18?,19+,22-/m1/s1. The molecule has 0 radical (unpaired) electrons. The predicted octanol–water partition coefficient (Wildman–Crippen LogP) is 0.946. The minimum atomic E-state index is -1.24. The Morgan fingerprint density at radius 1 is 1.03 bits per heavy atom. The van der Waals surface area contributed by atoms with Crippen LogP contribution in [-0.2, 0) is 4.74 Å². The molecular formula is C22H21N7O4. The van der Waals surface area contributed by atoms with E-state index in [0.717, 1.165) is 16.8 Å². The molecule has 5 rings (SSSR count). The van der Waals surface area contributed by atoms with Gasteiger partial charge in [0.25, 0.3) is 0 Å². The number of ether oxygens (including phenoxy) is 1. The van der Waals surface area contributed by atoms with Crippen LogP contribution in [0, 0.1) is 0 Å². The van der Waals surface area contributed by atoms with E-state index in [1.807, 2.05) is 42.5 Å². The van der Waals surface area contributed by atoms with Crippen LogP contribution in [0.4, 0.5) is 5.82 Å². The number of hydrazone groups is 1. The van der Waals surface area contributed by atoms with Gasteiger partial charge in [-0.25, -0.2) is 15.0 Å². The third-order valence-corrected chi connectivity index (χ3v) is 5.41. The molecule has 11 heteroatoms. The molecule has 1 aliphatic heterocycles. The van der Waals surface area contributed by atoms with Gasteiger partial charge in [0, 0.05) is 11.8 Å². The van der Waals surface area contributed by atoms with Gasteiger partial charge in [-0.15, -0.1) is 0 Å². The first kappa shape index (κ1) is 21.1. The van der Waals surface area contributed by atoms with Crippen molar-refractivity contribution in [3.05, 3.63) is 66.9 Å². The third-order valence-electron chi connectivity index (χ3n) is 5.41. The number of pyridine rings is 1. The molecular weight excluding hydrogens is 426 g/mol. The fourth-order valence-electron chi connectivity index (χ4n) is 3.67. The normalized spacial score (nSPS) is 22.9. The highest BCUT2D eigenvalue weighted by Crippen LogP contribution is 2.32. The average molecular weight is 447 g/mol. The highest BCUT2D eigenvalue weighted by molar-refractivity contribution is 5.85. The van der Waals surface area contributed by atoms with E-state index in [4.69, 9.17) is 4.74 Å². The van der Waals surface area contributed by atoms with E-state index in [0.29, 0.717) is 17.0 Å². The second kappa shape index (κ2) is 9.00. The van der Waals surface area contributed by atoms with Gasteiger partial charge in [-0.3, -0.25) is 15.0 Å². The first-order valence-electron chi connectivity index (χ1n) is 10.3. The quantitative estimate of drug-likeness (QED) is 0.250. The summed E-state index contributed by atoms with van der Waals surface area (Å²) in [6.45, 7) is -0.416. The molecule has 11 nitrogen and oxygen atoms in total. The molecule has 33 heavy (non-hydrogen) atoms. The summed E-state index contributed by atoms with van der Waals surface area (Å²) in [4.78, 5) is 17.0. The minimum absolute atomic E-state index is 0.367. The Labute approximate surface area is 188 Å². The molecule has 4 N–H and O–H groups in total. The molecule has 1 unspecified atom stereocenters. The summed E-state index contributed by atoms with van der Waals surface area (Å²) in [5.74, 6) is 0.367. The van der Waals surface area contributed by atoms with E-state index >= 15 is 0 Å². The lowest BCUT2D eigenvalue weighted by Crippen LogP contribution is -2.33. The number of fused-ring (bicyclic) bond motifs is 1. The molecule has 4 aromatic rings. The van der Waals surface area contributed by atoms with E-state index in [-0.39, 0.29) is 0 Å². The van der Waals surface area contributed by atoms with Crippen molar-refractivity contribution in [2.45, 2.75) is 24.5 Å². The number of benzene rings is 1. The Bertz CT molecular complexity index is 1260. The number of aromatic nitrogens is 5. The minimum Gasteiger partial charge on any atom is -0.394 e. The molecule has 1 saturated heterocycles. The number of aliphatic hydroxyl groups excluding tert-OH is 3. The largest absolute Gasteiger partial charge is 0.394 e. The fraction of sp³-hybridized carbons (Fsp3) is 0.227. The molecule has 1 fully saturated rings.